The summed E-state index contributed by atoms with van der Waals surface area (Å²) in [6.07, 6.45) is 3.50. The van der Waals surface area contributed by atoms with Crippen molar-refractivity contribution >= 4 is 17.7 Å². The summed E-state index contributed by atoms with van der Waals surface area (Å²) in [6, 6.07) is 19.9. The zero-order chi connectivity index (χ0) is 24.6. The first kappa shape index (κ1) is 24.5. The lowest BCUT2D eigenvalue weighted by atomic mass is 10.0. The van der Waals surface area contributed by atoms with E-state index in [1.54, 1.807) is 12.4 Å². The van der Waals surface area contributed by atoms with Gasteiger partial charge in [-0.1, -0.05) is 55.9 Å². The Hall–Kier alpha value is -3.65. The van der Waals surface area contributed by atoms with Crippen molar-refractivity contribution in [2.75, 3.05) is 18.9 Å². The van der Waals surface area contributed by atoms with Gasteiger partial charge < -0.3 is 10.1 Å². The molecule has 2 aromatic carbocycles. The summed E-state index contributed by atoms with van der Waals surface area (Å²) >= 11 is 1.36. The summed E-state index contributed by atoms with van der Waals surface area (Å²) in [5.41, 5.74) is 4.18. The zero-order valence-electron chi connectivity index (χ0n) is 20.1. The molecule has 0 unspecified atom stereocenters. The van der Waals surface area contributed by atoms with E-state index < -0.39 is 0 Å². The minimum Gasteiger partial charge on any atom is -0.492 e. The van der Waals surface area contributed by atoms with Gasteiger partial charge in [-0.05, 0) is 54.3 Å². The Morgan fingerprint density at radius 2 is 1.94 bits per heavy atom. The van der Waals surface area contributed by atoms with Crippen LogP contribution in [0.3, 0.4) is 0 Å². The Kier molecular flexibility index (Phi) is 8.15. The standard InChI is InChI=1S/C27H29N5O2S/c1-19(2)23-11-4-5-12-24(23)32-26(21-9-7-13-28-17-21)30-31-27(32)35-18-25(33)29-14-15-34-22-10-6-8-20(3)16-22/h4-13,16-17,19H,14-15,18H2,1-3H3,(H,29,33). The lowest BCUT2D eigenvalue weighted by molar-refractivity contribution is -0.118. The molecule has 0 aliphatic heterocycles. The van der Waals surface area contributed by atoms with Crippen LogP contribution in [0.5, 0.6) is 5.75 Å². The molecule has 0 bridgehead atoms. The molecule has 0 aliphatic rings. The average Bonchev–Trinajstić information content (AvgIpc) is 3.30. The number of pyridine rings is 1. The summed E-state index contributed by atoms with van der Waals surface area (Å²) in [5.74, 6) is 1.94. The minimum absolute atomic E-state index is 0.0857. The van der Waals surface area contributed by atoms with Crippen LogP contribution in [0.1, 0.15) is 30.9 Å². The summed E-state index contributed by atoms with van der Waals surface area (Å²) in [5, 5.41) is 12.5. The van der Waals surface area contributed by atoms with Gasteiger partial charge in [-0.25, -0.2) is 0 Å². The third-order valence-electron chi connectivity index (χ3n) is 5.37. The monoisotopic (exact) mass is 487 g/mol. The van der Waals surface area contributed by atoms with Crippen LogP contribution in [0.4, 0.5) is 0 Å². The summed E-state index contributed by atoms with van der Waals surface area (Å²) in [4.78, 5) is 16.8. The third kappa shape index (κ3) is 6.27. The van der Waals surface area contributed by atoms with Gasteiger partial charge >= 0.3 is 0 Å². The van der Waals surface area contributed by atoms with Crippen molar-refractivity contribution in [1.82, 2.24) is 25.1 Å². The van der Waals surface area contributed by atoms with Crippen molar-refractivity contribution in [2.24, 2.45) is 0 Å². The number of hydrogen-bond donors (Lipinski definition) is 1. The van der Waals surface area contributed by atoms with Gasteiger partial charge in [-0.15, -0.1) is 10.2 Å². The molecule has 0 aliphatic carbocycles. The van der Waals surface area contributed by atoms with Gasteiger partial charge in [0.2, 0.25) is 5.91 Å². The molecule has 4 aromatic rings. The molecule has 7 nitrogen and oxygen atoms in total. The Balaban J connectivity index is 1.46. The van der Waals surface area contributed by atoms with Crippen LogP contribution >= 0.6 is 11.8 Å². The van der Waals surface area contributed by atoms with E-state index in [0.29, 0.717) is 30.1 Å². The molecule has 2 heterocycles. The van der Waals surface area contributed by atoms with Crippen LogP contribution in [0.2, 0.25) is 0 Å². The molecule has 0 fully saturated rings. The maximum atomic E-state index is 12.5. The highest BCUT2D eigenvalue weighted by atomic mass is 32.2. The second-order valence-electron chi connectivity index (χ2n) is 8.40. The van der Waals surface area contributed by atoms with Crippen molar-refractivity contribution in [2.45, 2.75) is 31.8 Å². The van der Waals surface area contributed by atoms with Gasteiger partial charge in [0.15, 0.2) is 11.0 Å². The molecular weight excluding hydrogens is 458 g/mol. The number of hydrogen-bond acceptors (Lipinski definition) is 6. The molecule has 1 amide bonds. The number of aryl methyl sites for hydroxylation is 1. The van der Waals surface area contributed by atoms with E-state index in [-0.39, 0.29) is 11.7 Å². The van der Waals surface area contributed by atoms with E-state index >= 15 is 0 Å². The Labute approximate surface area is 210 Å². The normalized spacial score (nSPS) is 11.0. The first-order chi connectivity index (χ1) is 17.0. The first-order valence-electron chi connectivity index (χ1n) is 11.6. The van der Waals surface area contributed by atoms with Gasteiger partial charge in [-0.2, -0.15) is 0 Å². The molecule has 0 radical (unpaired) electrons. The predicted octanol–water partition coefficient (Wildman–Crippen LogP) is 5.05. The van der Waals surface area contributed by atoms with Gasteiger partial charge in [0.1, 0.15) is 12.4 Å². The highest BCUT2D eigenvalue weighted by Gasteiger charge is 2.20. The Morgan fingerprint density at radius 3 is 2.71 bits per heavy atom. The van der Waals surface area contributed by atoms with E-state index in [1.165, 1.54) is 17.3 Å². The van der Waals surface area contributed by atoms with E-state index in [0.717, 1.165) is 22.6 Å². The second kappa shape index (κ2) is 11.7. The van der Waals surface area contributed by atoms with E-state index in [4.69, 9.17) is 4.74 Å². The average molecular weight is 488 g/mol. The second-order valence-corrected chi connectivity index (χ2v) is 9.34. The van der Waals surface area contributed by atoms with Crippen LogP contribution in [-0.2, 0) is 4.79 Å². The first-order valence-corrected chi connectivity index (χ1v) is 12.6. The topological polar surface area (TPSA) is 81.9 Å². The van der Waals surface area contributed by atoms with Gasteiger partial charge in [0.25, 0.3) is 0 Å². The number of benzene rings is 2. The fourth-order valence-corrected chi connectivity index (χ4v) is 4.46. The smallest absolute Gasteiger partial charge is 0.230 e. The largest absolute Gasteiger partial charge is 0.492 e. The number of carbonyl (C=O) groups excluding carboxylic acids is 1. The molecule has 4 rings (SSSR count). The SMILES string of the molecule is Cc1cccc(OCCNC(=O)CSc2nnc(-c3cccnc3)n2-c2ccccc2C(C)C)c1. The summed E-state index contributed by atoms with van der Waals surface area (Å²) in [7, 11) is 0. The van der Waals surface area contributed by atoms with Crippen LogP contribution in [-0.4, -0.2) is 44.6 Å². The van der Waals surface area contributed by atoms with E-state index in [2.05, 4.69) is 46.5 Å². The quantitative estimate of drug-likeness (QED) is 0.249. The maximum Gasteiger partial charge on any atom is 0.230 e. The lowest BCUT2D eigenvalue weighted by Gasteiger charge is -2.16. The zero-order valence-corrected chi connectivity index (χ0v) is 21.0. The lowest BCUT2D eigenvalue weighted by Crippen LogP contribution is -2.29. The molecule has 1 N–H and O–H groups in total. The van der Waals surface area contributed by atoms with Crippen molar-refractivity contribution < 1.29 is 9.53 Å². The summed E-state index contributed by atoms with van der Waals surface area (Å²) < 4.78 is 7.73. The highest BCUT2D eigenvalue weighted by molar-refractivity contribution is 7.99. The van der Waals surface area contributed by atoms with Gasteiger partial charge in [0.05, 0.1) is 18.0 Å². The number of amides is 1. The number of aromatic nitrogens is 4. The number of ether oxygens (including phenoxy) is 1. The van der Waals surface area contributed by atoms with Crippen LogP contribution in [0, 0.1) is 6.92 Å². The molecule has 2 aromatic heterocycles. The van der Waals surface area contributed by atoms with Crippen molar-refractivity contribution in [3.05, 3.63) is 84.2 Å². The molecule has 0 spiro atoms. The van der Waals surface area contributed by atoms with E-state index in [9.17, 15) is 4.79 Å². The number of nitrogens with zero attached hydrogens (tertiary/aromatic N) is 4. The summed E-state index contributed by atoms with van der Waals surface area (Å²) in [6.45, 7) is 7.17. The highest BCUT2D eigenvalue weighted by Crippen LogP contribution is 2.31. The fraction of sp³-hybridized carbons (Fsp3) is 0.259. The minimum atomic E-state index is -0.0857. The molecule has 35 heavy (non-hydrogen) atoms. The number of nitrogens with one attached hydrogen (secondary N) is 1. The molecule has 0 saturated carbocycles. The van der Waals surface area contributed by atoms with Gasteiger partial charge in [0, 0.05) is 18.0 Å². The molecule has 180 valence electrons. The van der Waals surface area contributed by atoms with Gasteiger partial charge in [-0.3, -0.25) is 14.3 Å². The number of thioether (sulfide) groups is 1. The maximum absolute atomic E-state index is 12.5. The Morgan fingerprint density at radius 1 is 1.09 bits per heavy atom. The number of carbonyl (C=O) groups is 1. The predicted molar refractivity (Wildman–Crippen MR) is 139 cm³/mol. The van der Waals surface area contributed by atoms with Crippen molar-refractivity contribution in [1.29, 1.82) is 0 Å². The number of para-hydroxylation sites is 1. The molecular formula is C27H29N5O2S. The number of rotatable bonds is 10. The Bertz CT molecular complexity index is 1270. The van der Waals surface area contributed by atoms with Crippen LogP contribution in [0.25, 0.3) is 17.1 Å². The van der Waals surface area contributed by atoms with Crippen LogP contribution in [0.15, 0.2) is 78.2 Å². The van der Waals surface area contributed by atoms with E-state index in [1.807, 2.05) is 60.0 Å². The fourth-order valence-electron chi connectivity index (χ4n) is 3.69. The third-order valence-corrected chi connectivity index (χ3v) is 6.30. The molecule has 0 atom stereocenters. The van der Waals surface area contributed by atoms with Crippen molar-refractivity contribution in [3.63, 3.8) is 0 Å². The van der Waals surface area contributed by atoms with Crippen molar-refractivity contribution in [3.8, 4) is 22.8 Å². The molecule has 0 saturated heterocycles. The van der Waals surface area contributed by atoms with Crippen LogP contribution < -0.4 is 10.1 Å². The molecule has 8 heteroatoms.